The van der Waals surface area contributed by atoms with Crippen molar-refractivity contribution < 1.29 is 114 Å². The number of hydrogen-bond donors (Lipinski definition) is 1. The first-order chi connectivity index (χ1) is 1.73. The third-order valence-corrected chi connectivity index (χ3v) is 0. The summed E-state index contributed by atoms with van der Waals surface area (Å²) in [5.41, 5.74) is 0. The van der Waals surface area contributed by atoms with Crippen molar-refractivity contribution in [2.24, 2.45) is 0 Å². The van der Waals surface area contributed by atoms with Crippen LogP contribution in [0.25, 0.3) is 0 Å². The normalized spacial score (nSPS) is 2.78. The minimum absolute atomic E-state index is 0. The standard InChI is InChI=1S/C2H4O2.3Na.2H2O.3H/c1-2(3)4;;;;;;;;/h1H3,(H,3,4);;;;2*1H2;;;/q;3*+1;;;3*-1. The summed E-state index contributed by atoms with van der Waals surface area (Å²) in [5.74, 6) is -0.833. The van der Waals surface area contributed by atoms with E-state index in [2.05, 4.69) is 0 Å². The van der Waals surface area contributed by atoms with Gasteiger partial charge < -0.3 is 20.3 Å². The molecular weight excluding hydrogens is 157 g/mol. The molecule has 0 rings (SSSR count). The Kier molecular flexibility index (Phi) is 148. The predicted octanol–water partition coefficient (Wildman–Crippen LogP) is -10.2. The smallest absolute Gasteiger partial charge is 1.00 e. The Morgan fingerprint density at radius 3 is 1.22 bits per heavy atom. The van der Waals surface area contributed by atoms with Gasteiger partial charge in [-0.15, -0.1) is 0 Å². The van der Waals surface area contributed by atoms with E-state index >= 15 is 0 Å². The van der Waals surface area contributed by atoms with Gasteiger partial charge in [-0.25, -0.2) is 0 Å². The van der Waals surface area contributed by atoms with Crippen LogP contribution >= 0.6 is 0 Å². The van der Waals surface area contributed by atoms with Crippen LogP contribution in [0, 0.1) is 0 Å². The molecule has 0 aliphatic rings. The molecule has 0 aromatic carbocycles. The van der Waals surface area contributed by atoms with E-state index in [1.54, 1.807) is 0 Å². The fraction of sp³-hybridized carbons (Fsp3) is 0.500. The van der Waals surface area contributed by atoms with Gasteiger partial charge in [0.05, 0.1) is 0 Å². The Bertz CT molecular complexity index is 46.5. The van der Waals surface area contributed by atoms with Crippen molar-refractivity contribution in [1.82, 2.24) is 0 Å². The zero-order valence-electron chi connectivity index (χ0n) is 9.36. The summed E-state index contributed by atoms with van der Waals surface area (Å²) >= 11 is 0. The second kappa shape index (κ2) is 31.5. The van der Waals surface area contributed by atoms with Crippen LogP contribution in [0.4, 0.5) is 0 Å². The minimum atomic E-state index is -0.833. The third-order valence-electron chi connectivity index (χ3n) is 0. The van der Waals surface area contributed by atoms with Crippen LogP contribution in [0.3, 0.4) is 0 Å². The molecule has 4 nitrogen and oxygen atoms in total. The summed E-state index contributed by atoms with van der Waals surface area (Å²) in [6.45, 7) is 1.08. The summed E-state index contributed by atoms with van der Waals surface area (Å²) in [6, 6.07) is 0. The largest absolute Gasteiger partial charge is 1.00 e. The van der Waals surface area contributed by atoms with Gasteiger partial charge in [-0.1, -0.05) is 0 Å². The van der Waals surface area contributed by atoms with Crippen molar-refractivity contribution in [2.45, 2.75) is 6.92 Å². The van der Waals surface area contributed by atoms with Crippen molar-refractivity contribution in [2.75, 3.05) is 0 Å². The van der Waals surface area contributed by atoms with Gasteiger partial charge in [0.25, 0.3) is 5.97 Å². The summed E-state index contributed by atoms with van der Waals surface area (Å²) < 4.78 is 0. The van der Waals surface area contributed by atoms with Gasteiger partial charge in [0.15, 0.2) is 0 Å². The molecule has 7 heteroatoms. The van der Waals surface area contributed by atoms with Crippen LogP contribution in [-0.4, -0.2) is 22.0 Å². The predicted molar refractivity (Wildman–Crippen MR) is 23.9 cm³/mol. The Morgan fingerprint density at radius 2 is 1.22 bits per heavy atom. The van der Waals surface area contributed by atoms with Crippen LogP contribution in [0.2, 0.25) is 0 Å². The molecule has 0 heterocycles. The zero-order valence-corrected chi connectivity index (χ0v) is 12.4. The summed E-state index contributed by atoms with van der Waals surface area (Å²) in [5, 5.41) is 7.42. The molecule has 0 aromatic rings. The molecule has 0 aliphatic heterocycles. The first-order valence-corrected chi connectivity index (χ1v) is 0.928. The maximum absolute atomic E-state index is 9.00. The molecule has 5 N–H and O–H groups in total. The molecule has 9 heavy (non-hydrogen) atoms. The third kappa shape index (κ3) is 128. The Labute approximate surface area is 125 Å². The van der Waals surface area contributed by atoms with E-state index in [0.717, 1.165) is 6.92 Å². The van der Waals surface area contributed by atoms with Crippen molar-refractivity contribution in [3.05, 3.63) is 0 Å². The first-order valence-electron chi connectivity index (χ1n) is 0.928. The minimum Gasteiger partial charge on any atom is -1.00 e. The van der Waals surface area contributed by atoms with E-state index in [4.69, 9.17) is 9.90 Å². The quantitative estimate of drug-likeness (QED) is 0.363. The van der Waals surface area contributed by atoms with Crippen LogP contribution in [0.15, 0.2) is 0 Å². The molecule has 0 atom stereocenters. The maximum atomic E-state index is 9.00. The first kappa shape index (κ1) is 42.3. The van der Waals surface area contributed by atoms with E-state index in [0.29, 0.717) is 0 Å². The van der Waals surface area contributed by atoms with Gasteiger partial charge in [-0.3, -0.25) is 4.79 Å². The maximum Gasteiger partial charge on any atom is 1.00 e. The number of carboxylic acids is 1. The molecule has 0 saturated heterocycles. The topological polar surface area (TPSA) is 100 Å². The van der Waals surface area contributed by atoms with E-state index in [1.807, 2.05) is 0 Å². The van der Waals surface area contributed by atoms with Crippen molar-refractivity contribution in [3.63, 3.8) is 0 Å². The fourth-order valence-corrected chi connectivity index (χ4v) is 0. The fourth-order valence-electron chi connectivity index (χ4n) is 0. The summed E-state index contributed by atoms with van der Waals surface area (Å²) in [7, 11) is 0. The number of carbonyl (C=O) groups is 1. The number of carboxylic acid groups (broad SMARTS) is 1. The van der Waals surface area contributed by atoms with Gasteiger partial charge in [-0.2, -0.15) is 0 Å². The van der Waals surface area contributed by atoms with Gasteiger partial charge >= 0.3 is 88.7 Å². The van der Waals surface area contributed by atoms with E-state index < -0.39 is 5.97 Å². The van der Waals surface area contributed by atoms with Crippen molar-refractivity contribution in [3.8, 4) is 0 Å². The van der Waals surface area contributed by atoms with Gasteiger partial charge in [-0.05, 0) is 0 Å². The molecule has 0 aromatic heterocycles. The van der Waals surface area contributed by atoms with Gasteiger partial charge in [0.2, 0.25) is 0 Å². The van der Waals surface area contributed by atoms with Crippen molar-refractivity contribution in [1.29, 1.82) is 0 Å². The average Bonchev–Trinajstić information content (AvgIpc) is 0.811. The Morgan fingerprint density at radius 1 is 1.22 bits per heavy atom. The second-order valence-electron chi connectivity index (χ2n) is 0.519. The molecule has 0 bridgehead atoms. The number of aliphatic carboxylic acids is 1. The molecule has 0 amide bonds. The summed E-state index contributed by atoms with van der Waals surface area (Å²) in [4.78, 5) is 9.00. The van der Waals surface area contributed by atoms with Crippen molar-refractivity contribution >= 4 is 5.97 Å². The number of rotatable bonds is 0. The Hall–Kier alpha value is 2.39. The van der Waals surface area contributed by atoms with Crippen LogP contribution in [-0.2, 0) is 4.79 Å². The zero-order chi connectivity index (χ0) is 3.58. The molecule has 0 unspecified atom stereocenters. The van der Waals surface area contributed by atoms with E-state index in [1.165, 1.54) is 0 Å². The second-order valence-corrected chi connectivity index (χ2v) is 0.519. The molecule has 46 valence electrons. The molecule has 0 aliphatic carbocycles. The monoisotopic (exact) mass is 168 g/mol. The molecule has 0 fully saturated rings. The van der Waals surface area contributed by atoms with E-state index in [9.17, 15) is 0 Å². The SMILES string of the molecule is CC(=O)O.O.O.[H-].[H-].[H-].[Na+].[Na+].[Na+]. The van der Waals surface area contributed by atoms with Gasteiger partial charge in [0, 0.05) is 6.92 Å². The molecule has 0 saturated carbocycles. The van der Waals surface area contributed by atoms with Crippen LogP contribution in [0.1, 0.15) is 11.2 Å². The van der Waals surface area contributed by atoms with Crippen LogP contribution in [0.5, 0.6) is 0 Å². The molecule has 0 spiro atoms. The molecular formula is C2H11Na3O4. The van der Waals surface area contributed by atoms with Gasteiger partial charge in [0.1, 0.15) is 0 Å². The van der Waals surface area contributed by atoms with E-state index in [-0.39, 0.29) is 104 Å². The summed E-state index contributed by atoms with van der Waals surface area (Å²) in [6.07, 6.45) is 0. The average molecular weight is 168 g/mol. The molecule has 0 radical (unpaired) electrons. The number of hydrogen-bond acceptors (Lipinski definition) is 1. The Balaban J connectivity index is -0.00000000161. The van der Waals surface area contributed by atoms with Crippen LogP contribution < -0.4 is 88.7 Å².